The predicted octanol–water partition coefficient (Wildman–Crippen LogP) is 4.07. The van der Waals surface area contributed by atoms with Gasteiger partial charge in [-0.3, -0.25) is 0 Å². The van der Waals surface area contributed by atoms with Crippen molar-refractivity contribution in [2.24, 2.45) is 0 Å². The fourth-order valence-corrected chi connectivity index (χ4v) is 2.41. The van der Waals surface area contributed by atoms with Crippen LogP contribution in [-0.4, -0.2) is 12.2 Å². The summed E-state index contributed by atoms with van der Waals surface area (Å²) >= 11 is 5.89. The number of ether oxygens (including phenoxy) is 1. The lowest BCUT2D eigenvalue weighted by Gasteiger charge is -2.14. The summed E-state index contributed by atoms with van der Waals surface area (Å²) < 4.78 is 18.5. The Hall–Kier alpha value is -1.58. The van der Waals surface area contributed by atoms with Gasteiger partial charge in [0, 0.05) is 11.4 Å². The van der Waals surface area contributed by atoms with Gasteiger partial charge in [0.05, 0.1) is 13.2 Å². The second-order valence-corrected chi connectivity index (χ2v) is 5.13. The Morgan fingerprint density at radius 1 is 1.25 bits per heavy atom. The van der Waals surface area contributed by atoms with E-state index in [1.165, 1.54) is 13.2 Å². The summed E-state index contributed by atoms with van der Waals surface area (Å²) in [4.78, 5) is 0. The number of aliphatic hydroxyl groups is 1. The average molecular weight is 295 g/mol. The summed E-state index contributed by atoms with van der Waals surface area (Å²) in [7, 11) is 1.42. The van der Waals surface area contributed by atoms with Crippen LogP contribution in [0, 0.1) is 12.7 Å². The molecule has 0 saturated carbocycles. The molecule has 0 aliphatic carbocycles. The second-order valence-electron chi connectivity index (χ2n) is 4.69. The Kier molecular flexibility index (Phi) is 4.63. The largest absolute Gasteiger partial charge is 0.494 e. The van der Waals surface area contributed by atoms with Crippen LogP contribution in [0.15, 0.2) is 36.4 Å². The normalized spacial score (nSPS) is 12.2. The van der Waals surface area contributed by atoms with Gasteiger partial charge in [-0.2, -0.15) is 0 Å². The third-order valence-corrected chi connectivity index (χ3v) is 3.47. The second kappa shape index (κ2) is 6.25. The first-order chi connectivity index (χ1) is 9.51. The van der Waals surface area contributed by atoms with Crippen LogP contribution in [0.1, 0.15) is 22.8 Å². The molecule has 0 amide bonds. The van der Waals surface area contributed by atoms with Crippen molar-refractivity contribution in [3.63, 3.8) is 0 Å². The Morgan fingerprint density at radius 3 is 2.60 bits per heavy atom. The van der Waals surface area contributed by atoms with Gasteiger partial charge >= 0.3 is 0 Å². The van der Waals surface area contributed by atoms with Crippen LogP contribution in [0.25, 0.3) is 0 Å². The van der Waals surface area contributed by atoms with Gasteiger partial charge in [-0.15, -0.1) is 0 Å². The zero-order valence-electron chi connectivity index (χ0n) is 11.4. The number of aliphatic hydroxyl groups excluding tert-OH is 1. The molecule has 2 nitrogen and oxygen atoms in total. The van der Waals surface area contributed by atoms with E-state index in [4.69, 9.17) is 16.3 Å². The molecule has 0 spiro atoms. The van der Waals surface area contributed by atoms with Crippen LogP contribution in [-0.2, 0) is 6.42 Å². The molecule has 0 aliphatic rings. The molecule has 0 aliphatic heterocycles. The van der Waals surface area contributed by atoms with Gasteiger partial charge < -0.3 is 9.84 Å². The lowest BCUT2D eigenvalue weighted by atomic mass is 9.97. The minimum atomic E-state index is -0.694. The van der Waals surface area contributed by atoms with Gasteiger partial charge in [0.25, 0.3) is 0 Å². The van der Waals surface area contributed by atoms with Crippen molar-refractivity contribution in [1.29, 1.82) is 0 Å². The molecule has 0 fully saturated rings. The molecule has 2 rings (SSSR count). The highest BCUT2D eigenvalue weighted by atomic mass is 35.5. The lowest BCUT2D eigenvalue weighted by molar-refractivity contribution is 0.177. The number of benzene rings is 2. The number of halogens is 2. The van der Waals surface area contributed by atoms with E-state index < -0.39 is 11.9 Å². The average Bonchev–Trinajstić information content (AvgIpc) is 2.38. The highest BCUT2D eigenvalue weighted by molar-refractivity contribution is 6.30. The zero-order valence-corrected chi connectivity index (χ0v) is 12.1. The minimum absolute atomic E-state index is 0.200. The first-order valence-electron chi connectivity index (χ1n) is 6.28. The fourth-order valence-electron chi connectivity index (χ4n) is 2.18. The molecule has 1 unspecified atom stereocenters. The lowest BCUT2D eigenvalue weighted by Crippen LogP contribution is -2.04. The molecule has 2 aromatic rings. The summed E-state index contributed by atoms with van der Waals surface area (Å²) in [6.07, 6.45) is -0.358. The third kappa shape index (κ3) is 3.30. The molecule has 0 saturated heterocycles. The Morgan fingerprint density at radius 2 is 2.00 bits per heavy atom. The van der Waals surface area contributed by atoms with Crippen molar-refractivity contribution in [2.45, 2.75) is 19.4 Å². The molecule has 1 atom stereocenters. The number of rotatable bonds is 4. The van der Waals surface area contributed by atoms with E-state index in [1.807, 2.05) is 6.92 Å². The van der Waals surface area contributed by atoms with Gasteiger partial charge in [0.15, 0.2) is 11.6 Å². The molecule has 2 aromatic carbocycles. The summed E-state index contributed by atoms with van der Waals surface area (Å²) in [6, 6.07) is 10.0. The maximum atomic E-state index is 13.6. The highest BCUT2D eigenvalue weighted by Gasteiger charge is 2.13. The van der Waals surface area contributed by atoms with Crippen molar-refractivity contribution in [1.82, 2.24) is 0 Å². The van der Waals surface area contributed by atoms with E-state index in [0.717, 1.165) is 11.1 Å². The minimum Gasteiger partial charge on any atom is -0.494 e. The predicted molar refractivity (Wildman–Crippen MR) is 77.8 cm³/mol. The molecule has 4 heteroatoms. The standard InChI is InChI=1S/C16H16ClFO2/c1-10-7-12(17)4-5-13(10)15(19)9-11-3-6-16(20-2)14(18)8-11/h3-8,15,19H,9H2,1-2H3. The van der Waals surface area contributed by atoms with E-state index in [0.29, 0.717) is 17.0 Å². The quantitative estimate of drug-likeness (QED) is 0.921. The SMILES string of the molecule is COc1ccc(CC(O)c2ccc(Cl)cc2C)cc1F. The molecular formula is C16H16ClFO2. The van der Waals surface area contributed by atoms with Crippen molar-refractivity contribution in [2.75, 3.05) is 7.11 Å². The van der Waals surface area contributed by atoms with E-state index in [-0.39, 0.29) is 5.75 Å². The summed E-state index contributed by atoms with van der Waals surface area (Å²) in [5, 5.41) is 10.9. The van der Waals surface area contributed by atoms with Crippen LogP contribution >= 0.6 is 11.6 Å². The van der Waals surface area contributed by atoms with Gasteiger partial charge in [0.2, 0.25) is 0 Å². The molecule has 1 N–H and O–H groups in total. The van der Waals surface area contributed by atoms with Crippen LogP contribution in [0.3, 0.4) is 0 Å². The zero-order chi connectivity index (χ0) is 14.7. The van der Waals surface area contributed by atoms with Gasteiger partial charge in [-0.05, 0) is 47.9 Å². The van der Waals surface area contributed by atoms with Crippen LogP contribution < -0.4 is 4.74 Å². The molecule has 20 heavy (non-hydrogen) atoms. The Balaban J connectivity index is 2.18. The van der Waals surface area contributed by atoms with Crippen molar-refractivity contribution >= 4 is 11.6 Å². The van der Waals surface area contributed by atoms with Crippen molar-refractivity contribution in [3.05, 3.63) is 63.9 Å². The maximum Gasteiger partial charge on any atom is 0.165 e. The summed E-state index contributed by atoms with van der Waals surface area (Å²) in [5.41, 5.74) is 2.43. The van der Waals surface area contributed by atoms with E-state index in [1.54, 1.807) is 30.3 Å². The van der Waals surface area contributed by atoms with Crippen molar-refractivity contribution < 1.29 is 14.2 Å². The third-order valence-electron chi connectivity index (χ3n) is 3.24. The first kappa shape index (κ1) is 14.8. The summed E-state index contributed by atoms with van der Waals surface area (Å²) in [6.45, 7) is 1.89. The Bertz CT molecular complexity index is 613. The monoisotopic (exact) mass is 294 g/mol. The molecule has 0 aromatic heterocycles. The number of hydrogen-bond acceptors (Lipinski definition) is 2. The topological polar surface area (TPSA) is 29.5 Å². The number of aryl methyl sites for hydroxylation is 1. The molecular weight excluding hydrogens is 279 g/mol. The molecule has 0 heterocycles. The van der Waals surface area contributed by atoms with E-state index in [9.17, 15) is 9.50 Å². The van der Waals surface area contributed by atoms with Crippen LogP contribution in [0.4, 0.5) is 4.39 Å². The van der Waals surface area contributed by atoms with E-state index in [2.05, 4.69) is 0 Å². The van der Waals surface area contributed by atoms with Gasteiger partial charge in [-0.25, -0.2) is 4.39 Å². The van der Waals surface area contributed by atoms with Crippen LogP contribution in [0.5, 0.6) is 5.75 Å². The fraction of sp³-hybridized carbons (Fsp3) is 0.250. The molecule has 0 bridgehead atoms. The van der Waals surface area contributed by atoms with Crippen molar-refractivity contribution in [3.8, 4) is 5.75 Å². The first-order valence-corrected chi connectivity index (χ1v) is 6.65. The summed E-state index contributed by atoms with van der Waals surface area (Å²) in [5.74, 6) is -0.226. The Labute approximate surface area is 122 Å². The highest BCUT2D eigenvalue weighted by Crippen LogP contribution is 2.26. The van der Waals surface area contributed by atoms with Crippen LogP contribution in [0.2, 0.25) is 5.02 Å². The van der Waals surface area contributed by atoms with Gasteiger partial charge in [-0.1, -0.05) is 23.7 Å². The smallest absolute Gasteiger partial charge is 0.165 e. The van der Waals surface area contributed by atoms with E-state index >= 15 is 0 Å². The maximum absolute atomic E-state index is 13.6. The number of methoxy groups -OCH3 is 1. The molecule has 0 radical (unpaired) electrons. The van der Waals surface area contributed by atoms with Gasteiger partial charge in [0.1, 0.15) is 0 Å². The number of hydrogen-bond donors (Lipinski definition) is 1. The molecule has 106 valence electrons.